The van der Waals surface area contributed by atoms with Gasteiger partial charge in [-0.05, 0) is 55.0 Å². The molecule has 22 heavy (non-hydrogen) atoms. The Balaban J connectivity index is 1.67. The summed E-state index contributed by atoms with van der Waals surface area (Å²) in [5.41, 5.74) is 3.17. The lowest BCUT2D eigenvalue weighted by Gasteiger charge is -2.37. The quantitative estimate of drug-likeness (QED) is 0.681. The predicted molar refractivity (Wildman–Crippen MR) is 89.5 cm³/mol. The number of hydrogen-bond acceptors (Lipinski definition) is 2. The molecular weight excluding hydrogens is 340 g/mol. The molecule has 0 atom stereocenters. The third kappa shape index (κ3) is 2.38. The number of rotatable bonds is 0. The van der Waals surface area contributed by atoms with E-state index in [4.69, 9.17) is 4.74 Å². The third-order valence-electron chi connectivity index (χ3n) is 4.87. The van der Waals surface area contributed by atoms with E-state index in [1.165, 1.54) is 11.1 Å². The van der Waals surface area contributed by atoms with E-state index in [0.717, 1.165) is 35.9 Å². The van der Waals surface area contributed by atoms with Crippen LogP contribution in [0.25, 0.3) is 0 Å². The molecule has 1 spiro atoms. The number of ketones is 1. The topological polar surface area (TPSA) is 26.3 Å². The van der Waals surface area contributed by atoms with Crippen molar-refractivity contribution in [3.8, 4) is 5.75 Å². The van der Waals surface area contributed by atoms with Crippen LogP contribution in [0.3, 0.4) is 0 Å². The van der Waals surface area contributed by atoms with Crippen LogP contribution in [0.1, 0.15) is 40.7 Å². The maximum atomic E-state index is 12.6. The Morgan fingerprint density at radius 2 is 1.68 bits per heavy atom. The molecule has 2 aliphatic rings. The molecule has 2 aromatic rings. The summed E-state index contributed by atoms with van der Waals surface area (Å²) in [6, 6.07) is 14.3. The highest BCUT2D eigenvalue weighted by atomic mass is 79.9. The third-order valence-corrected chi connectivity index (χ3v) is 5.36. The maximum absolute atomic E-state index is 12.6. The molecule has 0 radical (unpaired) electrons. The van der Waals surface area contributed by atoms with Crippen molar-refractivity contribution in [2.45, 2.75) is 37.7 Å². The molecule has 1 heterocycles. The van der Waals surface area contributed by atoms with Crippen LogP contribution in [0.5, 0.6) is 5.75 Å². The first-order chi connectivity index (χ1) is 10.7. The normalized spacial score (nSPS) is 19.0. The number of Topliss-reactive ketones (excluding diaryl/α,β-unsaturated/α-hetero) is 1. The number of benzene rings is 2. The molecule has 0 saturated heterocycles. The molecule has 4 rings (SSSR count). The Hall–Kier alpha value is -1.61. The lowest BCUT2D eigenvalue weighted by molar-refractivity contribution is 0.0303. The number of ether oxygens (including phenoxy) is 1. The second-order valence-corrected chi connectivity index (χ2v) is 7.21. The van der Waals surface area contributed by atoms with Crippen LogP contribution in [-0.2, 0) is 12.8 Å². The van der Waals surface area contributed by atoms with E-state index in [2.05, 4.69) is 40.2 Å². The summed E-state index contributed by atoms with van der Waals surface area (Å²) in [7, 11) is 0. The van der Waals surface area contributed by atoms with Crippen molar-refractivity contribution < 1.29 is 9.53 Å². The zero-order chi connectivity index (χ0) is 15.2. The molecule has 0 saturated carbocycles. The van der Waals surface area contributed by atoms with Crippen LogP contribution in [0.2, 0.25) is 0 Å². The Kier molecular flexibility index (Phi) is 3.33. The van der Waals surface area contributed by atoms with Gasteiger partial charge in [0.25, 0.3) is 0 Å². The number of halogens is 1. The minimum absolute atomic E-state index is 0.202. The fourth-order valence-corrected chi connectivity index (χ4v) is 4.00. The Labute approximate surface area is 138 Å². The van der Waals surface area contributed by atoms with Gasteiger partial charge in [-0.15, -0.1) is 0 Å². The van der Waals surface area contributed by atoms with Gasteiger partial charge in [0.15, 0.2) is 5.78 Å². The fraction of sp³-hybridized carbons (Fsp3) is 0.316. The first kappa shape index (κ1) is 14.0. The molecule has 3 heteroatoms. The van der Waals surface area contributed by atoms with Crippen LogP contribution < -0.4 is 4.74 Å². The lowest BCUT2D eigenvalue weighted by atomic mass is 9.84. The average molecular weight is 357 g/mol. The first-order valence-electron chi connectivity index (χ1n) is 7.74. The van der Waals surface area contributed by atoms with Gasteiger partial charge in [0, 0.05) is 4.47 Å². The number of carbonyl (C=O) groups excluding carboxylic acids is 1. The Morgan fingerprint density at radius 3 is 2.36 bits per heavy atom. The fourth-order valence-electron chi connectivity index (χ4n) is 3.64. The van der Waals surface area contributed by atoms with Gasteiger partial charge in [0.2, 0.25) is 0 Å². The van der Waals surface area contributed by atoms with Crippen molar-refractivity contribution in [1.29, 1.82) is 0 Å². The second-order valence-electron chi connectivity index (χ2n) is 6.29. The molecule has 0 fully saturated rings. The van der Waals surface area contributed by atoms with Crippen LogP contribution in [0, 0.1) is 0 Å². The smallest absolute Gasteiger partial charge is 0.170 e. The van der Waals surface area contributed by atoms with E-state index in [1.807, 2.05) is 18.2 Å². The average Bonchev–Trinajstić information content (AvgIpc) is 2.69. The zero-order valence-electron chi connectivity index (χ0n) is 12.3. The largest absolute Gasteiger partial charge is 0.486 e. The van der Waals surface area contributed by atoms with E-state index in [0.29, 0.717) is 12.0 Å². The van der Waals surface area contributed by atoms with Gasteiger partial charge in [-0.25, -0.2) is 0 Å². The molecule has 0 bridgehead atoms. The summed E-state index contributed by atoms with van der Waals surface area (Å²) in [6.07, 6.45) is 4.27. The number of hydrogen-bond donors (Lipinski definition) is 0. The Morgan fingerprint density at radius 1 is 1.00 bits per heavy atom. The lowest BCUT2D eigenvalue weighted by Crippen LogP contribution is -2.42. The van der Waals surface area contributed by atoms with Crippen LogP contribution in [0.4, 0.5) is 0 Å². The van der Waals surface area contributed by atoms with Crippen LogP contribution in [0.15, 0.2) is 46.9 Å². The molecule has 112 valence electrons. The molecule has 2 nitrogen and oxygen atoms in total. The van der Waals surface area contributed by atoms with Gasteiger partial charge < -0.3 is 4.74 Å². The summed E-state index contributed by atoms with van der Waals surface area (Å²) < 4.78 is 7.28. The highest BCUT2D eigenvalue weighted by molar-refractivity contribution is 9.10. The predicted octanol–water partition coefficient (Wildman–Crippen LogP) is 4.73. The van der Waals surface area contributed by atoms with E-state index >= 15 is 0 Å². The van der Waals surface area contributed by atoms with E-state index in [1.54, 1.807) is 0 Å². The van der Waals surface area contributed by atoms with E-state index in [-0.39, 0.29) is 11.4 Å². The molecule has 0 aromatic heterocycles. The van der Waals surface area contributed by atoms with Crippen molar-refractivity contribution in [3.63, 3.8) is 0 Å². The van der Waals surface area contributed by atoms with Crippen molar-refractivity contribution in [3.05, 3.63) is 63.6 Å². The summed E-state index contributed by atoms with van der Waals surface area (Å²) in [6.45, 7) is 0. The van der Waals surface area contributed by atoms with E-state index < -0.39 is 0 Å². The molecule has 2 aromatic carbocycles. The highest BCUT2D eigenvalue weighted by Crippen LogP contribution is 2.41. The van der Waals surface area contributed by atoms with Gasteiger partial charge in [0.05, 0.1) is 12.0 Å². The number of fused-ring (bicyclic) bond motifs is 2. The van der Waals surface area contributed by atoms with Gasteiger partial charge in [-0.1, -0.05) is 40.2 Å². The van der Waals surface area contributed by atoms with Crippen LogP contribution in [-0.4, -0.2) is 11.4 Å². The highest BCUT2D eigenvalue weighted by Gasteiger charge is 2.41. The Bertz CT molecular complexity index is 724. The van der Waals surface area contributed by atoms with Crippen molar-refractivity contribution in [2.75, 3.05) is 0 Å². The summed E-state index contributed by atoms with van der Waals surface area (Å²) in [5, 5.41) is 0. The molecule has 0 amide bonds. The number of carbonyl (C=O) groups is 1. The standard InChI is InChI=1S/C19H17BrO2/c20-15-5-6-18-16(11-15)17(21)12-19(22-18)9-7-13-3-1-2-4-14(13)8-10-19/h1-6,11H,7-10,12H2. The minimum atomic E-state index is -0.336. The van der Waals surface area contributed by atoms with Crippen molar-refractivity contribution >= 4 is 21.7 Å². The summed E-state index contributed by atoms with van der Waals surface area (Å²) in [5.74, 6) is 0.943. The van der Waals surface area contributed by atoms with Gasteiger partial charge >= 0.3 is 0 Å². The van der Waals surface area contributed by atoms with Crippen molar-refractivity contribution in [2.24, 2.45) is 0 Å². The number of aryl methyl sites for hydroxylation is 2. The summed E-state index contributed by atoms with van der Waals surface area (Å²) >= 11 is 3.43. The molecule has 0 unspecified atom stereocenters. The van der Waals surface area contributed by atoms with Gasteiger partial charge in [-0.3, -0.25) is 4.79 Å². The van der Waals surface area contributed by atoms with Gasteiger partial charge in [0.1, 0.15) is 11.4 Å². The van der Waals surface area contributed by atoms with Crippen LogP contribution >= 0.6 is 15.9 Å². The maximum Gasteiger partial charge on any atom is 0.170 e. The molecule has 1 aliphatic carbocycles. The van der Waals surface area contributed by atoms with Gasteiger partial charge in [-0.2, -0.15) is 0 Å². The van der Waals surface area contributed by atoms with E-state index in [9.17, 15) is 4.79 Å². The minimum Gasteiger partial charge on any atom is -0.486 e. The second kappa shape index (κ2) is 5.24. The monoisotopic (exact) mass is 356 g/mol. The SMILES string of the molecule is O=C1CC2(CCc3ccccc3CC2)Oc2ccc(Br)cc21. The molecule has 0 N–H and O–H groups in total. The summed E-state index contributed by atoms with van der Waals surface area (Å²) in [4.78, 5) is 12.6. The molecular formula is C19H17BrO2. The zero-order valence-corrected chi connectivity index (χ0v) is 13.9. The molecule has 1 aliphatic heterocycles. The van der Waals surface area contributed by atoms with Crippen molar-refractivity contribution in [1.82, 2.24) is 0 Å². The first-order valence-corrected chi connectivity index (χ1v) is 8.53.